The van der Waals surface area contributed by atoms with Gasteiger partial charge in [0, 0.05) is 5.92 Å². The summed E-state index contributed by atoms with van der Waals surface area (Å²) >= 11 is 0. The van der Waals surface area contributed by atoms with Crippen molar-refractivity contribution >= 4 is 0 Å². The van der Waals surface area contributed by atoms with Gasteiger partial charge in [-0.2, -0.15) is 5.26 Å². The zero-order valence-corrected chi connectivity index (χ0v) is 13.2. The van der Waals surface area contributed by atoms with E-state index in [2.05, 4.69) is 25.1 Å². The molecule has 0 N–H and O–H groups in total. The Kier molecular flexibility index (Phi) is 6.64. The molecular formula is C19H31N. The molecule has 112 valence electrons. The summed E-state index contributed by atoms with van der Waals surface area (Å²) in [4.78, 5) is 0. The highest BCUT2D eigenvalue weighted by Gasteiger charge is 2.30. The van der Waals surface area contributed by atoms with Crippen LogP contribution in [0, 0.1) is 35.0 Å². The summed E-state index contributed by atoms with van der Waals surface area (Å²) in [6.45, 7) is 2.12. The van der Waals surface area contributed by atoms with Crippen LogP contribution in [0.5, 0.6) is 0 Å². The predicted octanol–water partition coefficient (Wildman–Crippen LogP) is 5.87. The van der Waals surface area contributed by atoms with Crippen LogP contribution in [0.3, 0.4) is 0 Å². The molecule has 0 saturated heterocycles. The van der Waals surface area contributed by atoms with Gasteiger partial charge in [-0.1, -0.05) is 31.4 Å². The second-order valence-electron chi connectivity index (χ2n) is 7.02. The van der Waals surface area contributed by atoms with E-state index < -0.39 is 0 Å². The van der Waals surface area contributed by atoms with Crippen LogP contribution < -0.4 is 0 Å². The third kappa shape index (κ3) is 4.65. The Morgan fingerprint density at radius 3 is 2.10 bits per heavy atom. The van der Waals surface area contributed by atoms with Gasteiger partial charge >= 0.3 is 0 Å². The highest BCUT2D eigenvalue weighted by molar-refractivity contribution is 4.89. The summed E-state index contributed by atoms with van der Waals surface area (Å²) in [5, 5.41) is 8.99. The lowest BCUT2D eigenvalue weighted by Crippen LogP contribution is -2.25. The molecule has 0 aromatic heterocycles. The van der Waals surface area contributed by atoms with Gasteiger partial charge in [0.2, 0.25) is 0 Å². The normalized spacial score (nSPS) is 35.0. The summed E-state index contributed by atoms with van der Waals surface area (Å²) in [7, 11) is 0. The molecule has 2 saturated carbocycles. The molecule has 0 heterocycles. The minimum Gasteiger partial charge on any atom is -0.198 e. The second kappa shape index (κ2) is 8.50. The van der Waals surface area contributed by atoms with E-state index in [4.69, 9.17) is 5.26 Å². The van der Waals surface area contributed by atoms with Crippen LogP contribution in [-0.4, -0.2) is 0 Å². The highest BCUT2D eigenvalue weighted by Crippen LogP contribution is 2.42. The molecule has 2 rings (SSSR count). The van der Waals surface area contributed by atoms with E-state index in [-0.39, 0.29) is 0 Å². The van der Waals surface area contributed by atoms with E-state index in [1.54, 1.807) is 0 Å². The summed E-state index contributed by atoms with van der Waals surface area (Å²) in [6, 6.07) is 2.46. The lowest BCUT2D eigenvalue weighted by Gasteiger charge is -2.36. The van der Waals surface area contributed by atoms with Gasteiger partial charge in [0.25, 0.3) is 0 Å². The van der Waals surface area contributed by atoms with Crippen LogP contribution in [0.4, 0.5) is 0 Å². The van der Waals surface area contributed by atoms with E-state index in [1.807, 2.05) is 0 Å². The number of nitrogens with zero attached hydrogens (tertiary/aromatic N) is 1. The van der Waals surface area contributed by atoms with Gasteiger partial charge in [0.15, 0.2) is 0 Å². The van der Waals surface area contributed by atoms with Gasteiger partial charge in [0.1, 0.15) is 0 Å². The molecule has 0 aromatic rings. The summed E-state index contributed by atoms with van der Waals surface area (Å²) < 4.78 is 0. The minimum absolute atomic E-state index is 0.370. The molecular weight excluding hydrogens is 242 g/mol. The molecule has 0 atom stereocenters. The summed E-state index contributed by atoms with van der Waals surface area (Å²) in [5.74, 6) is 3.31. The maximum Gasteiger partial charge on any atom is 0.0655 e. The number of unbranched alkanes of at least 4 members (excludes halogenated alkanes) is 1. The van der Waals surface area contributed by atoms with Gasteiger partial charge in [-0.3, -0.25) is 0 Å². The van der Waals surface area contributed by atoms with Crippen molar-refractivity contribution in [2.75, 3.05) is 0 Å². The Hall–Kier alpha value is -0.770. The van der Waals surface area contributed by atoms with Crippen LogP contribution >= 0.6 is 0 Å². The van der Waals surface area contributed by atoms with Crippen molar-refractivity contribution < 1.29 is 0 Å². The van der Waals surface area contributed by atoms with Crippen LogP contribution in [0.1, 0.15) is 77.6 Å². The number of rotatable bonds is 5. The van der Waals surface area contributed by atoms with Crippen LogP contribution in [0.2, 0.25) is 0 Å². The molecule has 0 unspecified atom stereocenters. The molecule has 1 heteroatoms. The van der Waals surface area contributed by atoms with Crippen molar-refractivity contribution in [1.29, 1.82) is 5.26 Å². The molecule has 0 spiro atoms. The Labute approximate surface area is 125 Å². The average molecular weight is 273 g/mol. The lowest BCUT2D eigenvalue weighted by atomic mass is 9.69. The first-order valence-corrected chi connectivity index (χ1v) is 8.84. The van der Waals surface area contributed by atoms with Crippen LogP contribution in [0.15, 0.2) is 12.2 Å². The van der Waals surface area contributed by atoms with E-state index in [9.17, 15) is 0 Å². The predicted molar refractivity (Wildman–Crippen MR) is 85.2 cm³/mol. The van der Waals surface area contributed by atoms with Gasteiger partial charge in [-0.15, -0.1) is 0 Å². The minimum atomic E-state index is 0.370. The quantitative estimate of drug-likeness (QED) is 0.454. The van der Waals surface area contributed by atoms with E-state index in [0.29, 0.717) is 5.92 Å². The van der Waals surface area contributed by atoms with E-state index >= 15 is 0 Å². The Bertz CT molecular complexity index is 322. The Balaban J connectivity index is 1.63. The average Bonchev–Trinajstić information content (AvgIpc) is 2.52. The zero-order valence-electron chi connectivity index (χ0n) is 13.2. The maximum absolute atomic E-state index is 8.99. The standard InChI is InChI=1S/C19H31N/c1-2-3-4-5-6-16-7-11-18(12-8-16)19-13-9-17(15-20)10-14-19/h2-3,16-19H,4-14H2,1H3/b3-2-/t16-,17-,18-,19-. The molecule has 0 aromatic carbocycles. The lowest BCUT2D eigenvalue weighted by molar-refractivity contribution is 0.153. The topological polar surface area (TPSA) is 23.8 Å². The van der Waals surface area contributed by atoms with Gasteiger partial charge in [-0.25, -0.2) is 0 Å². The van der Waals surface area contributed by atoms with Crippen molar-refractivity contribution in [3.8, 4) is 6.07 Å². The number of allylic oxidation sites excluding steroid dienone is 2. The van der Waals surface area contributed by atoms with Crippen molar-refractivity contribution in [3.63, 3.8) is 0 Å². The third-order valence-corrected chi connectivity index (χ3v) is 5.73. The van der Waals surface area contributed by atoms with Gasteiger partial charge in [-0.05, 0) is 76.0 Å². The third-order valence-electron chi connectivity index (χ3n) is 5.73. The van der Waals surface area contributed by atoms with Crippen molar-refractivity contribution in [2.24, 2.45) is 23.7 Å². The SMILES string of the molecule is C/C=C\CCC[C@H]1CC[C@H]([C@H]2CC[C@H](C#N)CC2)CC1. The fourth-order valence-electron chi connectivity index (χ4n) is 4.36. The number of hydrogen-bond donors (Lipinski definition) is 0. The van der Waals surface area contributed by atoms with Crippen molar-refractivity contribution in [2.45, 2.75) is 77.6 Å². The smallest absolute Gasteiger partial charge is 0.0655 e. The molecule has 20 heavy (non-hydrogen) atoms. The highest BCUT2D eigenvalue weighted by atomic mass is 14.4. The van der Waals surface area contributed by atoms with Gasteiger partial charge in [0.05, 0.1) is 6.07 Å². The molecule has 2 fully saturated rings. The Morgan fingerprint density at radius 2 is 1.55 bits per heavy atom. The van der Waals surface area contributed by atoms with E-state index in [0.717, 1.165) is 17.8 Å². The zero-order chi connectivity index (χ0) is 14.2. The van der Waals surface area contributed by atoms with Crippen LogP contribution in [-0.2, 0) is 0 Å². The molecule has 0 aliphatic heterocycles. The van der Waals surface area contributed by atoms with Gasteiger partial charge < -0.3 is 0 Å². The fraction of sp³-hybridized carbons (Fsp3) is 0.842. The molecule has 2 aliphatic rings. The van der Waals surface area contributed by atoms with Crippen molar-refractivity contribution in [3.05, 3.63) is 12.2 Å². The number of hydrogen-bond acceptors (Lipinski definition) is 1. The fourth-order valence-corrected chi connectivity index (χ4v) is 4.36. The first-order valence-electron chi connectivity index (χ1n) is 8.84. The number of nitriles is 1. The first-order chi connectivity index (χ1) is 9.83. The molecule has 2 aliphatic carbocycles. The maximum atomic E-state index is 8.99. The Morgan fingerprint density at radius 1 is 0.950 bits per heavy atom. The molecule has 0 radical (unpaired) electrons. The second-order valence-corrected chi connectivity index (χ2v) is 7.02. The largest absolute Gasteiger partial charge is 0.198 e. The molecule has 0 bridgehead atoms. The summed E-state index contributed by atoms with van der Waals surface area (Å²) in [5.41, 5.74) is 0. The molecule has 1 nitrogen and oxygen atoms in total. The molecule has 0 amide bonds. The summed E-state index contributed by atoms with van der Waals surface area (Å²) in [6.07, 6.45) is 19.5. The van der Waals surface area contributed by atoms with E-state index in [1.165, 1.54) is 70.6 Å². The first kappa shape index (κ1) is 15.6. The van der Waals surface area contributed by atoms with Crippen molar-refractivity contribution in [1.82, 2.24) is 0 Å². The van der Waals surface area contributed by atoms with Crippen LogP contribution in [0.25, 0.3) is 0 Å². The monoisotopic (exact) mass is 273 g/mol.